The summed E-state index contributed by atoms with van der Waals surface area (Å²) >= 11 is 1.36. The number of fused-ring (bicyclic) bond motifs is 1. The van der Waals surface area contributed by atoms with E-state index in [1.165, 1.54) is 25.0 Å². The molecule has 1 fully saturated rings. The van der Waals surface area contributed by atoms with Crippen LogP contribution in [0.2, 0.25) is 0 Å². The van der Waals surface area contributed by atoms with Gasteiger partial charge in [0.2, 0.25) is 5.91 Å². The third kappa shape index (κ3) is 2.85. The van der Waals surface area contributed by atoms with Gasteiger partial charge < -0.3 is 21.0 Å². The first-order valence-corrected chi connectivity index (χ1v) is 7.05. The molecule has 2 rings (SSSR count). The van der Waals surface area contributed by atoms with E-state index in [1.807, 2.05) is 0 Å². The lowest BCUT2D eigenvalue weighted by Crippen LogP contribution is -2.68. The van der Waals surface area contributed by atoms with Crippen molar-refractivity contribution in [2.24, 2.45) is 10.9 Å². The molecule has 0 aromatic rings. The topological polar surface area (TPSA) is 134 Å². The van der Waals surface area contributed by atoms with Crippen molar-refractivity contribution in [1.29, 1.82) is 0 Å². The maximum absolute atomic E-state index is 11.7. The smallest absolute Gasteiger partial charge is 0.353 e. The second-order valence-electron chi connectivity index (χ2n) is 4.30. The Labute approximate surface area is 124 Å². The number of carboxylic acid groups (broad SMARTS) is 1. The predicted molar refractivity (Wildman–Crippen MR) is 74.2 cm³/mol. The fraction of sp³-hybridized carbons (Fsp3) is 0.455. The third-order valence-corrected chi connectivity index (χ3v) is 4.32. The van der Waals surface area contributed by atoms with Crippen LogP contribution < -0.4 is 11.1 Å². The van der Waals surface area contributed by atoms with Crippen LogP contribution in [0, 0.1) is 0 Å². The molecule has 21 heavy (non-hydrogen) atoms. The molecule has 0 bridgehead atoms. The van der Waals surface area contributed by atoms with Crippen molar-refractivity contribution in [3.8, 4) is 0 Å². The van der Waals surface area contributed by atoms with Crippen LogP contribution >= 0.6 is 11.8 Å². The first-order valence-electron chi connectivity index (χ1n) is 6.00. The number of likely N-dealkylation sites (N-methyl/N-ethyl adjacent to an activating group) is 1. The Morgan fingerprint density at radius 1 is 1.67 bits per heavy atom. The molecular weight excluding hydrogens is 300 g/mol. The molecule has 2 aliphatic heterocycles. The molecule has 2 heterocycles. The fourth-order valence-corrected chi connectivity index (χ4v) is 3.15. The Bertz CT molecular complexity index is 547. The minimum Gasteiger partial charge on any atom is -0.477 e. The Kier molecular flexibility index (Phi) is 4.48. The van der Waals surface area contributed by atoms with Crippen LogP contribution in [-0.2, 0) is 19.2 Å². The fourth-order valence-electron chi connectivity index (χ4n) is 1.91. The van der Waals surface area contributed by atoms with Gasteiger partial charge in [-0.25, -0.2) is 4.79 Å². The molecule has 2 atom stereocenters. The van der Waals surface area contributed by atoms with E-state index in [1.54, 1.807) is 0 Å². The van der Waals surface area contributed by atoms with Gasteiger partial charge in [-0.1, -0.05) is 5.16 Å². The van der Waals surface area contributed by atoms with Gasteiger partial charge in [-0.2, -0.15) is 0 Å². The largest absolute Gasteiger partial charge is 0.477 e. The van der Waals surface area contributed by atoms with E-state index in [9.17, 15) is 19.5 Å². The number of nitrogens with zero attached hydrogens (tertiary/aromatic N) is 2. The molecule has 0 aromatic carbocycles. The molecule has 0 saturated carbocycles. The molecule has 0 radical (unpaired) electrons. The molecule has 0 unspecified atom stereocenters. The number of carbonyl (C=O) groups is 3. The van der Waals surface area contributed by atoms with Crippen molar-refractivity contribution < 1.29 is 24.3 Å². The highest BCUT2D eigenvalue weighted by atomic mass is 32.2. The van der Waals surface area contributed by atoms with E-state index < -0.39 is 17.9 Å². The van der Waals surface area contributed by atoms with Gasteiger partial charge in [0.05, 0.1) is 6.21 Å². The van der Waals surface area contributed by atoms with Gasteiger partial charge in [0.25, 0.3) is 5.91 Å². The average Bonchev–Trinajstić information content (AvgIpc) is 2.49. The molecular formula is C11H14N4O5S. The van der Waals surface area contributed by atoms with Gasteiger partial charge in [-0.15, -0.1) is 11.8 Å². The van der Waals surface area contributed by atoms with Crippen LogP contribution in [0.4, 0.5) is 0 Å². The number of β-lactam (4-membered cyclic amide) rings is 1. The van der Waals surface area contributed by atoms with Gasteiger partial charge in [-0.05, 0) is 0 Å². The predicted octanol–water partition coefficient (Wildman–Crippen LogP) is -1.68. The number of carbonyl (C=O) groups excluding carboxylic acids is 2. The van der Waals surface area contributed by atoms with Crippen LogP contribution in [-0.4, -0.2) is 64.8 Å². The summed E-state index contributed by atoms with van der Waals surface area (Å²) in [4.78, 5) is 39.8. The van der Waals surface area contributed by atoms with Crippen LogP contribution in [0.25, 0.3) is 0 Å². The minimum absolute atomic E-state index is 0.141. The molecule has 0 spiro atoms. The Morgan fingerprint density at radius 3 is 3.00 bits per heavy atom. The van der Waals surface area contributed by atoms with E-state index in [0.29, 0.717) is 11.3 Å². The quantitative estimate of drug-likeness (QED) is 0.313. The van der Waals surface area contributed by atoms with Gasteiger partial charge >= 0.3 is 5.97 Å². The normalized spacial score (nSPS) is 24.7. The average molecular weight is 314 g/mol. The zero-order chi connectivity index (χ0) is 15.6. The Morgan fingerprint density at radius 2 is 2.38 bits per heavy atom. The van der Waals surface area contributed by atoms with Crippen molar-refractivity contribution in [2.75, 3.05) is 19.4 Å². The zero-order valence-corrected chi connectivity index (χ0v) is 11.9. The van der Waals surface area contributed by atoms with Crippen molar-refractivity contribution >= 4 is 35.8 Å². The number of amides is 2. The third-order valence-electron chi connectivity index (χ3n) is 3.00. The first kappa shape index (κ1) is 15.3. The molecule has 2 aliphatic rings. The van der Waals surface area contributed by atoms with E-state index in [0.717, 1.165) is 4.90 Å². The summed E-state index contributed by atoms with van der Waals surface area (Å²) in [6, 6.07) is -0.674. The number of hydrogen-bond donors (Lipinski definition) is 3. The van der Waals surface area contributed by atoms with Crippen molar-refractivity contribution in [3.05, 3.63) is 11.3 Å². The number of thioether (sulfide) groups is 1. The second kappa shape index (κ2) is 6.14. The molecule has 114 valence electrons. The van der Waals surface area contributed by atoms with Crippen molar-refractivity contribution in [3.63, 3.8) is 0 Å². The summed E-state index contributed by atoms with van der Waals surface area (Å²) in [6.07, 6.45) is 1.20. The molecule has 4 N–H and O–H groups in total. The highest BCUT2D eigenvalue weighted by Crippen LogP contribution is 2.38. The lowest BCUT2D eigenvalue weighted by Gasteiger charge is -2.47. The summed E-state index contributed by atoms with van der Waals surface area (Å²) < 4.78 is 0. The number of aliphatic carboxylic acids is 1. The number of hydrogen-bond acceptors (Lipinski definition) is 7. The van der Waals surface area contributed by atoms with Crippen LogP contribution in [0.3, 0.4) is 0 Å². The molecule has 0 aromatic heterocycles. The lowest BCUT2D eigenvalue weighted by atomic mass is 10.0. The highest BCUT2D eigenvalue weighted by Gasteiger charge is 2.51. The molecule has 9 nitrogen and oxygen atoms in total. The van der Waals surface area contributed by atoms with E-state index in [2.05, 4.69) is 10.5 Å². The van der Waals surface area contributed by atoms with E-state index in [4.69, 9.17) is 10.6 Å². The summed E-state index contributed by atoms with van der Waals surface area (Å²) in [5.41, 5.74) is 5.82. The number of rotatable bonds is 5. The maximum Gasteiger partial charge on any atom is 0.353 e. The first-order chi connectivity index (χ1) is 9.97. The Hall–Kier alpha value is -2.07. The van der Waals surface area contributed by atoms with Gasteiger partial charge in [-0.3, -0.25) is 14.5 Å². The van der Waals surface area contributed by atoms with E-state index in [-0.39, 0.29) is 23.6 Å². The maximum atomic E-state index is 11.7. The van der Waals surface area contributed by atoms with Crippen LogP contribution in [0.5, 0.6) is 0 Å². The summed E-state index contributed by atoms with van der Waals surface area (Å²) in [5, 5.41) is 14.8. The number of carboxylic acids is 1. The van der Waals surface area contributed by atoms with Crippen molar-refractivity contribution in [2.45, 2.75) is 11.4 Å². The number of oxime groups is 1. The monoisotopic (exact) mass is 314 g/mol. The molecule has 2 amide bonds. The summed E-state index contributed by atoms with van der Waals surface area (Å²) in [6.45, 7) is -0.272. The number of nitrogens with two attached hydrogens (primary N) is 1. The van der Waals surface area contributed by atoms with E-state index >= 15 is 0 Å². The van der Waals surface area contributed by atoms with Crippen LogP contribution in [0.1, 0.15) is 0 Å². The van der Waals surface area contributed by atoms with Crippen molar-refractivity contribution in [1.82, 2.24) is 10.2 Å². The highest BCUT2D eigenvalue weighted by molar-refractivity contribution is 8.00. The lowest BCUT2D eigenvalue weighted by molar-refractivity contribution is -0.147. The molecule has 1 saturated heterocycles. The van der Waals surface area contributed by atoms with Gasteiger partial charge in [0.15, 0.2) is 6.61 Å². The molecule has 10 heteroatoms. The van der Waals surface area contributed by atoms with Gasteiger partial charge in [0.1, 0.15) is 17.1 Å². The molecule has 0 aliphatic carbocycles. The second-order valence-corrected chi connectivity index (χ2v) is 5.40. The SMILES string of the molecule is CNC(=O)CON=CC1=C(C(=O)O)N2C(=O)[C@@H](N)[C@H]2SC1. The summed E-state index contributed by atoms with van der Waals surface area (Å²) in [5.74, 6) is -1.67. The standard InChI is InChI=1S/C11H14N4O5S/c1-13-6(16)3-20-14-2-5-4-21-10-7(12)9(17)15(10)8(5)11(18)19/h2,7,10H,3-4,12H2,1H3,(H,13,16)(H,18,19)/t7-,10-/m1/s1. The zero-order valence-electron chi connectivity index (χ0n) is 11.1. The van der Waals surface area contributed by atoms with Gasteiger partial charge in [0, 0.05) is 18.4 Å². The Balaban J connectivity index is 2.12. The number of nitrogens with one attached hydrogen (secondary N) is 1. The minimum atomic E-state index is -1.23. The summed E-state index contributed by atoms with van der Waals surface area (Å²) in [7, 11) is 1.46. The van der Waals surface area contributed by atoms with Crippen LogP contribution in [0.15, 0.2) is 16.4 Å².